The molecular formula is C56H47N. The third-order valence-corrected chi connectivity index (χ3v) is 10.7. The van der Waals surface area contributed by atoms with E-state index in [1.54, 1.807) is 0 Å². The van der Waals surface area contributed by atoms with Gasteiger partial charge in [-0.2, -0.15) is 0 Å². The van der Waals surface area contributed by atoms with E-state index in [-0.39, 0.29) is 0 Å². The van der Waals surface area contributed by atoms with Gasteiger partial charge in [-0.05, 0) is 114 Å². The molecule has 0 saturated heterocycles. The van der Waals surface area contributed by atoms with Gasteiger partial charge in [-0.15, -0.1) is 0 Å². The van der Waals surface area contributed by atoms with Crippen LogP contribution < -0.4 is 4.90 Å². The molecule has 276 valence electrons. The summed E-state index contributed by atoms with van der Waals surface area (Å²) in [5.41, 5.74) is 17.9. The van der Waals surface area contributed by atoms with Crippen molar-refractivity contribution < 1.29 is 0 Å². The highest BCUT2D eigenvalue weighted by atomic mass is 15.1. The third-order valence-electron chi connectivity index (χ3n) is 10.7. The van der Waals surface area contributed by atoms with Gasteiger partial charge in [0.1, 0.15) is 0 Å². The number of hydrogen-bond acceptors (Lipinski definition) is 1. The Hall–Kier alpha value is -6.96. The highest BCUT2D eigenvalue weighted by Gasteiger charge is 2.18. The largest absolute Gasteiger partial charge is 0.310 e. The lowest BCUT2D eigenvalue weighted by Crippen LogP contribution is -2.12. The molecule has 0 heterocycles. The molecule has 0 aromatic heterocycles. The van der Waals surface area contributed by atoms with Crippen molar-refractivity contribution >= 4 is 51.1 Å². The van der Waals surface area contributed by atoms with Gasteiger partial charge < -0.3 is 4.90 Å². The molecule has 1 nitrogen and oxygen atoms in total. The molecule has 0 radical (unpaired) electrons. The fraction of sp³-hybridized carbons (Fsp3) is 0.0714. The maximum Gasteiger partial charge on any atom is 0.0540 e. The molecular weight excluding hydrogens is 687 g/mol. The first-order chi connectivity index (χ1) is 27.9. The van der Waals surface area contributed by atoms with E-state index in [1.165, 1.54) is 72.0 Å². The van der Waals surface area contributed by atoms with Gasteiger partial charge in [0.15, 0.2) is 0 Å². The second-order valence-electron chi connectivity index (χ2n) is 14.9. The molecule has 8 aromatic rings. The summed E-state index contributed by atoms with van der Waals surface area (Å²) >= 11 is 0. The van der Waals surface area contributed by atoms with Crippen LogP contribution in [0.5, 0.6) is 0 Å². The zero-order chi connectivity index (χ0) is 39.1. The van der Waals surface area contributed by atoms with Gasteiger partial charge in [0.25, 0.3) is 0 Å². The number of allylic oxidation sites excluding steroid dienone is 2. The Kier molecular flexibility index (Phi) is 10.9. The summed E-state index contributed by atoms with van der Waals surface area (Å²) in [5.74, 6) is 0. The molecule has 0 spiro atoms. The molecule has 57 heavy (non-hydrogen) atoms. The maximum atomic E-state index is 2.42. The summed E-state index contributed by atoms with van der Waals surface area (Å²) < 4.78 is 0. The van der Waals surface area contributed by atoms with Crippen LogP contribution in [0.3, 0.4) is 0 Å². The van der Waals surface area contributed by atoms with Gasteiger partial charge in [0.2, 0.25) is 0 Å². The van der Waals surface area contributed by atoms with E-state index in [0.29, 0.717) is 0 Å². The van der Waals surface area contributed by atoms with Crippen molar-refractivity contribution in [1.29, 1.82) is 0 Å². The van der Waals surface area contributed by atoms with Crippen molar-refractivity contribution in [2.75, 3.05) is 4.90 Å². The van der Waals surface area contributed by atoms with Gasteiger partial charge in [0, 0.05) is 16.8 Å². The van der Waals surface area contributed by atoms with Gasteiger partial charge in [-0.1, -0.05) is 199 Å². The molecule has 0 aliphatic rings. The molecule has 0 amide bonds. The minimum atomic E-state index is 1.11. The molecule has 0 fully saturated rings. The maximum absolute atomic E-state index is 2.42. The first kappa shape index (κ1) is 37.0. The molecule has 0 unspecified atom stereocenters. The SMILES string of the molecule is Cc1ccc(C(=C/C=C/c2ccc(N(c3ccc(C=C(c4ccccc4)c4ccccc4)cc3)c3ccc(C)cc3C)c3ccccc23)c2ccc(C)cc2)cc1. The van der Waals surface area contributed by atoms with Crippen molar-refractivity contribution in [3.8, 4) is 0 Å². The van der Waals surface area contributed by atoms with Crippen molar-refractivity contribution in [3.05, 3.63) is 256 Å². The summed E-state index contributed by atoms with van der Waals surface area (Å²) in [6.45, 7) is 8.64. The van der Waals surface area contributed by atoms with Crippen LogP contribution in [-0.4, -0.2) is 0 Å². The van der Waals surface area contributed by atoms with Crippen LogP contribution in [0.15, 0.2) is 200 Å². The summed E-state index contributed by atoms with van der Waals surface area (Å²) in [4.78, 5) is 2.42. The lowest BCUT2D eigenvalue weighted by Gasteiger charge is -2.29. The average molecular weight is 734 g/mol. The van der Waals surface area contributed by atoms with Gasteiger partial charge >= 0.3 is 0 Å². The normalized spacial score (nSPS) is 11.1. The molecule has 0 aliphatic heterocycles. The fourth-order valence-electron chi connectivity index (χ4n) is 7.64. The summed E-state index contributed by atoms with van der Waals surface area (Å²) in [5, 5.41) is 2.40. The predicted molar refractivity (Wildman–Crippen MR) is 246 cm³/mol. The number of fused-ring (bicyclic) bond motifs is 1. The van der Waals surface area contributed by atoms with E-state index < -0.39 is 0 Å². The Morgan fingerprint density at radius 1 is 0.421 bits per heavy atom. The van der Waals surface area contributed by atoms with Crippen molar-refractivity contribution in [1.82, 2.24) is 0 Å². The number of hydrogen-bond donors (Lipinski definition) is 0. The highest BCUT2D eigenvalue weighted by molar-refractivity contribution is 6.03. The molecule has 0 saturated carbocycles. The standard InChI is InChI=1S/C56H47N/c1-40-22-29-48(30-23-40)51(49-31-24-41(2)25-32-49)21-13-18-47-33-37-56(53-20-12-11-19-52(47)53)57(55-36-26-42(3)38-43(55)4)50-34-27-44(28-35-50)39-54(45-14-7-5-8-15-45)46-16-9-6-10-17-46/h5-39H,1-4H3/b18-13+. The van der Waals surface area contributed by atoms with Gasteiger partial charge in [-0.3, -0.25) is 0 Å². The summed E-state index contributed by atoms with van der Waals surface area (Å²) in [6, 6.07) is 68.0. The second-order valence-corrected chi connectivity index (χ2v) is 14.9. The Bertz CT molecular complexity index is 2630. The van der Waals surface area contributed by atoms with Crippen LogP contribution in [-0.2, 0) is 0 Å². The molecule has 0 aliphatic carbocycles. The van der Waals surface area contributed by atoms with Crippen LogP contribution in [0.4, 0.5) is 17.1 Å². The Morgan fingerprint density at radius 3 is 1.51 bits per heavy atom. The quantitative estimate of drug-likeness (QED) is 0.0999. The first-order valence-electron chi connectivity index (χ1n) is 19.8. The number of rotatable bonds is 10. The van der Waals surface area contributed by atoms with Crippen LogP contribution in [0.2, 0.25) is 0 Å². The second kappa shape index (κ2) is 16.8. The minimum absolute atomic E-state index is 1.11. The van der Waals surface area contributed by atoms with Crippen LogP contribution in [0.1, 0.15) is 55.6 Å². The summed E-state index contributed by atoms with van der Waals surface area (Å²) in [6.07, 6.45) is 8.98. The van der Waals surface area contributed by atoms with E-state index in [2.05, 4.69) is 245 Å². The zero-order valence-corrected chi connectivity index (χ0v) is 33.2. The molecule has 8 aromatic carbocycles. The molecule has 0 N–H and O–H groups in total. The van der Waals surface area contributed by atoms with Crippen molar-refractivity contribution in [2.24, 2.45) is 0 Å². The van der Waals surface area contributed by atoms with Gasteiger partial charge in [0.05, 0.1) is 5.69 Å². The Balaban J connectivity index is 1.20. The Morgan fingerprint density at radius 2 is 0.930 bits per heavy atom. The molecule has 1 heteroatoms. The van der Waals surface area contributed by atoms with E-state index in [4.69, 9.17) is 0 Å². The van der Waals surface area contributed by atoms with Crippen LogP contribution in [0, 0.1) is 27.7 Å². The molecule has 0 bridgehead atoms. The van der Waals surface area contributed by atoms with E-state index >= 15 is 0 Å². The zero-order valence-electron chi connectivity index (χ0n) is 33.2. The van der Waals surface area contributed by atoms with E-state index in [9.17, 15) is 0 Å². The van der Waals surface area contributed by atoms with Crippen molar-refractivity contribution in [2.45, 2.75) is 27.7 Å². The predicted octanol–water partition coefficient (Wildman–Crippen LogP) is 15.3. The minimum Gasteiger partial charge on any atom is -0.310 e. The third kappa shape index (κ3) is 8.34. The molecule has 0 atom stereocenters. The lowest BCUT2D eigenvalue weighted by atomic mass is 9.95. The van der Waals surface area contributed by atoms with Crippen LogP contribution in [0.25, 0.3) is 34.1 Å². The highest BCUT2D eigenvalue weighted by Crippen LogP contribution is 2.42. The topological polar surface area (TPSA) is 3.24 Å². The molecule has 8 rings (SSSR count). The lowest BCUT2D eigenvalue weighted by molar-refractivity contribution is 1.25. The fourth-order valence-corrected chi connectivity index (χ4v) is 7.64. The average Bonchev–Trinajstić information content (AvgIpc) is 3.25. The first-order valence-corrected chi connectivity index (χ1v) is 19.8. The van der Waals surface area contributed by atoms with Crippen LogP contribution >= 0.6 is 0 Å². The van der Waals surface area contributed by atoms with E-state index in [0.717, 1.165) is 22.6 Å². The monoisotopic (exact) mass is 733 g/mol. The smallest absolute Gasteiger partial charge is 0.0540 e. The van der Waals surface area contributed by atoms with E-state index in [1.807, 2.05) is 0 Å². The Labute approximate surface area is 338 Å². The van der Waals surface area contributed by atoms with Gasteiger partial charge in [-0.25, -0.2) is 0 Å². The summed E-state index contributed by atoms with van der Waals surface area (Å²) in [7, 11) is 0. The van der Waals surface area contributed by atoms with Crippen molar-refractivity contribution in [3.63, 3.8) is 0 Å². The number of aryl methyl sites for hydroxylation is 4. The number of nitrogens with zero attached hydrogens (tertiary/aromatic N) is 1. The number of benzene rings is 8. The number of anilines is 3.